The van der Waals surface area contributed by atoms with Crippen LogP contribution >= 0.6 is 11.6 Å². The standard InChI is InChI=1S/C10H10ClN3O2/c1-12-5-14-9(15)7-4-6(11)2-3-8(7)13-10(14)16/h2-4,12H,5H2,1H3,(H,13,16). The Labute approximate surface area is 95.7 Å². The van der Waals surface area contributed by atoms with Crippen LogP contribution in [-0.2, 0) is 6.67 Å². The fourth-order valence-corrected chi connectivity index (χ4v) is 1.70. The minimum absolute atomic E-state index is 0.163. The quantitative estimate of drug-likeness (QED) is 0.803. The van der Waals surface area contributed by atoms with Crippen molar-refractivity contribution in [3.63, 3.8) is 0 Å². The maximum atomic E-state index is 11.9. The lowest BCUT2D eigenvalue weighted by atomic mass is 10.2. The summed E-state index contributed by atoms with van der Waals surface area (Å²) in [6.07, 6.45) is 0. The van der Waals surface area contributed by atoms with Gasteiger partial charge in [-0.15, -0.1) is 0 Å². The molecule has 6 heteroatoms. The summed E-state index contributed by atoms with van der Waals surface area (Å²) < 4.78 is 1.08. The third kappa shape index (κ3) is 1.75. The van der Waals surface area contributed by atoms with Gasteiger partial charge in [-0.25, -0.2) is 9.36 Å². The van der Waals surface area contributed by atoms with Crippen LogP contribution in [-0.4, -0.2) is 16.6 Å². The topological polar surface area (TPSA) is 66.9 Å². The van der Waals surface area contributed by atoms with E-state index in [1.807, 2.05) is 0 Å². The number of hydrogen-bond acceptors (Lipinski definition) is 3. The Hall–Kier alpha value is -1.59. The van der Waals surface area contributed by atoms with Crippen LogP contribution in [0.25, 0.3) is 10.9 Å². The lowest BCUT2D eigenvalue weighted by Gasteiger charge is -2.05. The molecule has 5 nitrogen and oxygen atoms in total. The number of nitrogens with one attached hydrogen (secondary N) is 2. The van der Waals surface area contributed by atoms with Crippen molar-refractivity contribution in [3.8, 4) is 0 Å². The van der Waals surface area contributed by atoms with Gasteiger partial charge in [-0.05, 0) is 25.2 Å². The predicted molar refractivity (Wildman–Crippen MR) is 62.9 cm³/mol. The molecule has 0 radical (unpaired) electrons. The van der Waals surface area contributed by atoms with Gasteiger partial charge in [-0.3, -0.25) is 4.79 Å². The molecule has 0 bridgehead atoms. The second kappa shape index (κ2) is 4.11. The lowest BCUT2D eigenvalue weighted by Crippen LogP contribution is -2.38. The number of aromatic nitrogens is 2. The van der Waals surface area contributed by atoms with Crippen molar-refractivity contribution in [1.29, 1.82) is 0 Å². The molecule has 16 heavy (non-hydrogen) atoms. The fraction of sp³-hybridized carbons (Fsp3) is 0.200. The molecule has 0 unspecified atom stereocenters. The minimum Gasteiger partial charge on any atom is -0.307 e. The van der Waals surface area contributed by atoms with Crippen molar-refractivity contribution in [2.24, 2.45) is 0 Å². The molecule has 0 aliphatic carbocycles. The molecule has 0 aliphatic heterocycles. The molecule has 1 aromatic carbocycles. The first-order valence-electron chi connectivity index (χ1n) is 4.70. The zero-order valence-electron chi connectivity index (χ0n) is 8.58. The highest BCUT2D eigenvalue weighted by Gasteiger charge is 2.06. The molecule has 2 rings (SSSR count). The van der Waals surface area contributed by atoms with Crippen LogP contribution in [0.5, 0.6) is 0 Å². The van der Waals surface area contributed by atoms with Crippen molar-refractivity contribution in [3.05, 3.63) is 44.1 Å². The zero-order chi connectivity index (χ0) is 11.7. The number of aromatic amines is 1. The molecule has 1 aromatic heterocycles. The van der Waals surface area contributed by atoms with Gasteiger partial charge in [0.2, 0.25) is 0 Å². The summed E-state index contributed by atoms with van der Waals surface area (Å²) in [6.45, 7) is 0.163. The number of hydrogen-bond donors (Lipinski definition) is 2. The third-order valence-corrected chi connectivity index (χ3v) is 2.50. The number of halogens is 1. The average molecular weight is 240 g/mol. The number of benzene rings is 1. The van der Waals surface area contributed by atoms with E-state index >= 15 is 0 Å². The predicted octanol–water partition coefficient (Wildman–Crippen LogP) is 0.520. The second-order valence-corrected chi connectivity index (χ2v) is 3.80. The van der Waals surface area contributed by atoms with Gasteiger partial charge in [0.05, 0.1) is 17.6 Å². The molecule has 0 saturated carbocycles. The first-order chi connectivity index (χ1) is 7.63. The van der Waals surface area contributed by atoms with E-state index in [1.165, 1.54) is 0 Å². The van der Waals surface area contributed by atoms with Gasteiger partial charge in [-0.1, -0.05) is 11.6 Å². The van der Waals surface area contributed by atoms with E-state index in [9.17, 15) is 9.59 Å². The van der Waals surface area contributed by atoms with Crippen molar-refractivity contribution in [2.45, 2.75) is 6.67 Å². The second-order valence-electron chi connectivity index (χ2n) is 3.36. The van der Waals surface area contributed by atoms with Gasteiger partial charge in [0.15, 0.2) is 0 Å². The summed E-state index contributed by atoms with van der Waals surface area (Å²) in [6, 6.07) is 4.78. The molecule has 0 amide bonds. The van der Waals surface area contributed by atoms with Crippen molar-refractivity contribution < 1.29 is 0 Å². The van der Waals surface area contributed by atoms with Crippen LogP contribution < -0.4 is 16.6 Å². The maximum absolute atomic E-state index is 11.9. The minimum atomic E-state index is -0.436. The first kappa shape index (κ1) is 10.9. The number of fused-ring (bicyclic) bond motifs is 1. The molecule has 84 valence electrons. The van der Waals surface area contributed by atoms with Crippen LogP contribution in [0, 0.1) is 0 Å². The lowest BCUT2D eigenvalue weighted by molar-refractivity contribution is 0.574. The Morgan fingerprint density at radius 3 is 2.88 bits per heavy atom. The maximum Gasteiger partial charge on any atom is 0.329 e. The Morgan fingerprint density at radius 2 is 2.19 bits per heavy atom. The summed E-state index contributed by atoms with van der Waals surface area (Å²) in [4.78, 5) is 26.1. The van der Waals surface area contributed by atoms with Crippen LogP contribution in [0.2, 0.25) is 5.02 Å². The van der Waals surface area contributed by atoms with Crippen LogP contribution in [0.3, 0.4) is 0 Å². The zero-order valence-corrected chi connectivity index (χ0v) is 9.34. The summed E-state index contributed by atoms with van der Waals surface area (Å²) in [7, 11) is 1.66. The van der Waals surface area contributed by atoms with E-state index in [-0.39, 0.29) is 12.2 Å². The molecule has 1 heterocycles. The van der Waals surface area contributed by atoms with Gasteiger partial charge in [0.25, 0.3) is 5.56 Å². The van der Waals surface area contributed by atoms with E-state index in [0.717, 1.165) is 4.57 Å². The van der Waals surface area contributed by atoms with Crippen molar-refractivity contribution >= 4 is 22.5 Å². The van der Waals surface area contributed by atoms with E-state index in [1.54, 1.807) is 25.2 Å². The summed E-state index contributed by atoms with van der Waals surface area (Å²) in [5.41, 5.74) is -0.295. The average Bonchev–Trinajstić information content (AvgIpc) is 2.26. The molecule has 0 atom stereocenters. The van der Waals surface area contributed by atoms with Gasteiger partial charge >= 0.3 is 5.69 Å². The highest BCUT2D eigenvalue weighted by Crippen LogP contribution is 2.13. The molecule has 2 aromatic rings. The summed E-state index contributed by atoms with van der Waals surface area (Å²) in [5, 5.41) is 3.63. The number of nitrogens with zero attached hydrogens (tertiary/aromatic N) is 1. The Bertz CT molecular complexity index is 645. The Kier molecular flexibility index (Phi) is 2.80. The van der Waals surface area contributed by atoms with Crippen LogP contribution in [0.15, 0.2) is 27.8 Å². The molecule has 2 N–H and O–H groups in total. The van der Waals surface area contributed by atoms with E-state index in [0.29, 0.717) is 15.9 Å². The normalized spacial score (nSPS) is 10.9. The molecule has 0 saturated heterocycles. The third-order valence-electron chi connectivity index (χ3n) is 2.26. The van der Waals surface area contributed by atoms with Gasteiger partial charge in [-0.2, -0.15) is 0 Å². The van der Waals surface area contributed by atoms with E-state index < -0.39 is 5.69 Å². The van der Waals surface area contributed by atoms with E-state index in [2.05, 4.69) is 10.3 Å². The smallest absolute Gasteiger partial charge is 0.307 e. The number of rotatable bonds is 2. The molecule has 0 fully saturated rings. The monoisotopic (exact) mass is 239 g/mol. The highest BCUT2D eigenvalue weighted by molar-refractivity contribution is 6.31. The van der Waals surface area contributed by atoms with Crippen LogP contribution in [0.4, 0.5) is 0 Å². The molecule has 0 aliphatic rings. The molecular weight excluding hydrogens is 230 g/mol. The van der Waals surface area contributed by atoms with E-state index in [4.69, 9.17) is 11.6 Å². The first-order valence-corrected chi connectivity index (χ1v) is 5.08. The number of H-pyrrole nitrogens is 1. The highest BCUT2D eigenvalue weighted by atomic mass is 35.5. The van der Waals surface area contributed by atoms with Gasteiger partial charge < -0.3 is 10.3 Å². The van der Waals surface area contributed by atoms with Crippen LogP contribution in [0.1, 0.15) is 0 Å². The Balaban J connectivity index is 2.85. The largest absolute Gasteiger partial charge is 0.329 e. The molecular formula is C10H10ClN3O2. The molecule has 0 spiro atoms. The SMILES string of the molecule is CNCn1c(=O)[nH]c2ccc(Cl)cc2c1=O. The van der Waals surface area contributed by atoms with Gasteiger partial charge in [0, 0.05) is 5.02 Å². The fourth-order valence-electron chi connectivity index (χ4n) is 1.52. The summed E-state index contributed by atoms with van der Waals surface area (Å²) in [5.74, 6) is 0. The van der Waals surface area contributed by atoms with Crippen molar-refractivity contribution in [2.75, 3.05) is 7.05 Å². The van der Waals surface area contributed by atoms with Crippen molar-refractivity contribution in [1.82, 2.24) is 14.9 Å². The van der Waals surface area contributed by atoms with Gasteiger partial charge in [0.1, 0.15) is 0 Å². The Morgan fingerprint density at radius 1 is 1.44 bits per heavy atom. The summed E-state index contributed by atoms with van der Waals surface area (Å²) >= 11 is 5.80.